The molecule has 0 spiro atoms. The van der Waals surface area contributed by atoms with Crippen LogP contribution in [-0.2, 0) is 9.47 Å². The minimum Gasteiger partial charge on any atom is -0.491 e. The zero-order valence-electron chi connectivity index (χ0n) is 12.8. The van der Waals surface area contributed by atoms with Crippen LogP contribution in [0.3, 0.4) is 0 Å². The summed E-state index contributed by atoms with van der Waals surface area (Å²) in [5.74, 6) is 5.33. The molecule has 21 heavy (non-hydrogen) atoms. The van der Waals surface area contributed by atoms with E-state index in [-0.39, 0.29) is 11.5 Å². The Hall–Kier alpha value is -1.63. The Labute approximate surface area is 125 Å². The lowest BCUT2D eigenvalue weighted by molar-refractivity contribution is -0.0375. The van der Waals surface area contributed by atoms with Crippen LogP contribution in [0.2, 0.25) is 0 Å². The van der Waals surface area contributed by atoms with Crippen molar-refractivity contribution in [2.45, 2.75) is 26.4 Å². The molecule has 6 nitrogen and oxygen atoms in total. The molecule has 1 aromatic rings. The van der Waals surface area contributed by atoms with Gasteiger partial charge in [0.05, 0.1) is 25.4 Å². The molecule has 0 bridgehead atoms. The first-order chi connectivity index (χ1) is 9.92. The zero-order chi connectivity index (χ0) is 15.7. The van der Waals surface area contributed by atoms with E-state index in [2.05, 4.69) is 5.43 Å². The Morgan fingerprint density at radius 2 is 1.90 bits per heavy atom. The summed E-state index contributed by atoms with van der Waals surface area (Å²) in [6.07, 6.45) is 0. The second kappa shape index (κ2) is 8.61. The van der Waals surface area contributed by atoms with E-state index >= 15 is 0 Å². The molecule has 3 N–H and O–H groups in total. The van der Waals surface area contributed by atoms with Crippen molar-refractivity contribution in [3.05, 3.63) is 29.8 Å². The van der Waals surface area contributed by atoms with Crippen molar-refractivity contribution in [3.63, 3.8) is 0 Å². The number of hydrogen-bond donors (Lipinski definition) is 2. The number of hydrazine groups is 1. The molecular weight excluding hydrogens is 272 g/mol. The number of ether oxygens (including phenoxy) is 3. The average Bonchev–Trinajstić information content (AvgIpc) is 2.44. The number of nitrogen functional groups attached to an aromatic ring is 1. The molecule has 1 amide bonds. The highest BCUT2D eigenvalue weighted by molar-refractivity contribution is 5.94. The zero-order valence-corrected chi connectivity index (χ0v) is 12.8. The monoisotopic (exact) mass is 296 g/mol. The number of rotatable bonds is 8. The van der Waals surface area contributed by atoms with Crippen LogP contribution >= 0.6 is 0 Å². The van der Waals surface area contributed by atoms with Gasteiger partial charge in [-0.05, 0) is 39.0 Å². The van der Waals surface area contributed by atoms with E-state index in [0.717, 1.165) is 0 Å². The molecule has 1 aromatic carbocycles. The van der Waals surface area contributed by atoms with Gasteiger partial charge in [-0.25, -0.2) is 5.84 Å². The van der Waals surface area contributed by atoms with Crippen LogP contribution in [0.25, 0.3) is 0 Å². The van der Waals surface area contributed by atoms with Crippen LogP contribution in [0, 0.1) is 0 Å². The quantitative estimate of drug-likeness (QED) is 0.329. The van der Waals surface area contributed by atoms with Crippen LogP contribution < -0.4 is 16.0 Å². The highest BCUT2D eigenvalue weighted by atomic mass is 16.5. The highest BCUT2D eigenvalue weighted by Gasteiger charge is 2.09. The standard InChI is InChI=1S/C15H24N2O4/c1-15(2,3)21-10-8-19-7-9-20-13-6-4-5-12(11-13)14(18)17-16/h4-6,11H,7-10,16H2,1-3H3,(H,17,18). The first-order valence-electron chi connectivity index (χ1n) is 6.88. The van der Waals surface area contributed by atoms with Crippen LogP contribution in [0.4, 0.5) is 0 Å². The van der Waals surface area contributed by atoms with Gasteiger partial charge in [-0.3, -0.25) is 10.2 Å². The maximum atomic E-state index is 11.4. The Morgan fingerprint density at radius 3 is 2.57 bits per heavy atom. The maximum Gasteiger partial charge on any atom is 0.265 e. The van der Waals surface area contributed by atoms with Crippen molar-refractivity contribution < 1.29 is 19.0 Å². The molecule has 118 valence electrons. The van der Waals surface area contributed by atoms with E-state index in [9.17, 15) is 4.79 Å². The van der Waals surface area contributed by atoms with Crippen molar-refractivity contribution in [2.75, 3.05) is 26.4 Å². The molecule has 0 atom stereocenters. The number of carbonyl (C=O) groups is 1. The van der Waals surface area contributed by atoms with Gasteiger partial charge >= 0.3 is 0 Å². The van der Waals surface area contributed by atoms with Gasteiger partial charge in [0.1, 0.15) is 12.4 Å². The molecule has 0 aliphatic heterocycles. The predicted octanol–water partition coefficient (Wildman–Crippen LogP) is 1.50. The van der Waals surface area contributed by atoms with E-state index in [4.69, 9.17) is 20.1 Å². The summed E-state index contributed by atoms with van der Waals surface area (Å²) < 4.78 is 16.4. The summed E-state index contributed by atoms with van der Waals surface area (Å²) in [4.78, 5) is 11.4. The maximum absolute atomic E-state index is 11.4. The third kappa shape index (κ3) is 7.65. The number of nitrogens with two attached hydrogens (primary N) is 1. The number of benzene rings is 1. The van der Waals surface area contributed by atoms with Crippen LogP contribution in [0.5, 0.6) is 5.75 Å². The minimum absolute atomic E-state index is 0.149. The van der Waals surface area contributed by atoms with Crippen molar-refractivity contribution in [3.8, 4) is 5.75 Å². The minimum atomic E-state index is -0.351. The van der Waals surface area contributed by atoms with Gasteiger partial charge in [0, 0.05) is 5.56 Å². The van der Waals surface area contributed by atoms with Gasteiger partial charge < -0.3 is 14.2 Å². The van der Waals surface area contributed by atoms with Crippen LogP contribution in [-0.4, -0.2) is 37.9 Å². The average molecular weight is 296 g/mol. The summed E-state index contributed by atoms with van der Waals surface area (Å²) in [7, 11) is 0. The topological polar surface area (TPSA) is 82.8 Å². The molecule has 0 saturated heterocycles. The third-order valence-electron chi connectivity index (χ3n) is 2.49. The molecule has 0 fully saturated rings. The summed E-state index contributed by atoms with van der Waals surface area (Å²) >= 11 is 0. The van der Waals surface area contributed by atoms with E-state index in [0.29, 0.717) is 37.7 Å². The Balaban J connectivity index is 2.20. The molecule has 0 heterocycles. The first-order valence-corrected chi connectivity index (χ1v) is 6.88. The van der Waals surface area contributed by atoms with Crippen LogP contribution in [0.15, 0.2) is 24.3 Å². The van der Waals surface area contributed by atoms with Gasteiger partial charge in [-0.2, -0.15) is 0 Å². The largest absolute Gasteiger partial charge is 0.491 e. The fourth-order valence-electron chi connectivity index (χ4n) is 1.54. The van der Waals surface area contributed by atoms with Gasteiger partial charge in [-0.15, -0.1) is 0 Å². The smallest absolute Gasteiger partial charge is 0.265 e. The Kier molecular flexibility index (Phi) is 7.14. The SMILES string of the molecule is CC(C)(C)OCCOCCOc1cccc(C(=O)NN)c1. The second-order valence-electron chi connectivity index (χ2n) is 5.42. The number of hydrogen-bond acceptors (Lipinski definition) is 5. The van der Waals surface area contributed by atoms with E-state index in [1.807, 2.05) is 20.8 Å². The van der Waals surface area contributed by atoms with Crippen molar-refractivity contribution >= 4 is 5.91 Å². The second-order valence-corrected chi connectivity index (χ2v) is 5.42. The van der Waals surface area contributed by atoms with E-state index in [1.165, 1.54) is 0 Å². The van der Waals surface area contributed by atoms with Crippen molar-refractivity contribution in [1.82, 2.24) is 5.43 Å². The first kappa shape index (κ1) is 17.4. The lowest BCUT2D eigenvalue weighted by Crippen LogP contribution is -2.29. The third-order valence-corrected chi connectivity index (χ3v) is 2.49. The molecule has 1 rings (SSSR count). The molecule has 0 unspecified atom stereocenters. The lowest BCUT2D eigenvalue weighted by atomic mass is 10.2. The van der Waals surface area contributed by atoms with Gasteiger partial charge in [-0.1, -0.05) is 6.07 Å². The van der Waals surface area contributed by atoms with Crippen molar-refractivity contribution in [1.29, 1.82) is 0 Å². The van der Waals surface area contributed by atoms with Gasteiger partial charge in [0.2, 0.25) is 0 Å². The molecule has 6 heteroatoms. The highest BCUT2D eigenvalue weighted by Crippen LogP contribution is 2.13. The predicted molar refractivity (Wildman–Crippen MR) is 80.1 cm³/mol. The summed E-state index contributed by atoms with van der Waals surface area (Å²) in [6, 6.07) is 6.80. The molecule has 0 radical (unpaired) electrons. The molecule has 0 aromatic heterocycles. The normalized spacial score (nSPS) is 11.2. The van der Waals surface area contributed by atoms with E-state index < -0.39 is 0 Å². The number of nitrogens with one attached hydrogen (secondary N) is 1. The van der Waals surface area contributed by atoms with Crippen LogP contribution in [0.1, 0.15) is 31.1 Å². The summed E-state index contributed by atoms with van der Waals surface area (Å²) in [6.45, 7) is 7.94. The Bertz CT molecular complexity index is 444. The van der Waals surface area contributed by atoms with Gasteiger partial charge in [0.25, 0.3) is 5.91 Å². The van der Waals surface area contributed by atoms with E-state index in [1.54, 1.807) is 24.3 Å². The molecular formula is C15H24N2O4. The van der Waals surface area contributed by atoms with Crippen molar-refractivity contribution in [2.24, 2.45) is 5.84 Å². The Morgan fingerprint density at radius 1 is 1.19 bits per heavy atom. The van der Waals surface area contributed by atoms with Gasteiger partial charge in [0.15, 0.2) is 0 Å². The molecule has 0 saturated carbocycles. The summed E-state index contributed by atoms with van der Waals surface area (Å²) in [5.41, 5.74) is 2.38. The number of carbonyl (C=O) groups excluding carboxylic acids is 1. The fraction of sp³-hybridized carbons (Fsp3) is 0.533. The fourth-order valence-corrected chi connectivity index (χ4v) is 1.54. The number of amides is 1. The lowest BCUT2D eigenvalue weighted by Gasteiger charge is -2.19. The molecule has 0 aliphatic carbocycles. The summed E-state index contributed by atoms with van der Waals surface area (Å²) in [5, 5.41) is 0. The molecule has 0 aliphatic rings.